The number of amides is 3. The summed E-state index contributed by atoms with van der Waals surface area (Å²) in [7, 11) is 0. The predicted octanol–water partition coefficient (Wildman–Crippen LogP) is 3.13. The van der Waals surface area contributed by atoms with Gasteiger partial charge < -0.3 is 29.7 Å². The molecule has 4 heterocycles. The number of carbonyl (C=O) groups excluding carboxylic acids is 4. The van der Waals surface area contributed by atoms with Crippen molar-refractivity contribution in [3.8, 4) is 0 Å². The Labute approximate surface area is 256 Å². The van der Waals surface area contributed by atoms with E-state index in [1.165, 1.54) is 0 Å². The highest BCUT2D eigenvalue weighted by Crippen LogP contribution is 2.56. The van der Waals surface area contributed by atoms with Crippen LogP contribution in [0.15, 0.2) is 24.3 Å². The van der Waals surface area contributed by atoms with Gasteiger partial charge in [0.25, 0.3) is 0 Å². The van der Waals surface area contributed by atoms with Gasteiger partial charge in [0.05, 0.1) is 18.6 Å². The summed E-state index contributed by atoms with van der Waals surface area (Å²) in [6, 6.07) is -0.925. The second-order valence-corrected chi connectivity index (χ2v) is 14.4. The predicted molar refractivity (Wildman–Crippen MR) is 162 cm³/mol. The Kier molecular flexibility index (Phi) is 10.1. The Morgan fingerprint density at radius 3 is 2.44 bits per heavy atom. The van der Waals surface area contributed by atoms with Crippen LogP contribution < -0.4 is 5.32 Å². The van der Waals surface area contributed by atoms with Crippen LogP contribution in [0.1, 0.15) is 86.5 Å². The molecule has 4 rings (SSSR count). The summed E-state index contributed by atoms with van der Waals surface area (Å²) < 4.78 is 12.3. The lowest BCUT2D eigenvalue weighted by atomic mass is 9.74. The maximum atomic E-state index is 14.9. The molecule has 10 heteroatoms. The minimum absolute atomic E-state index is 0.0778. The highest BCUT2D eigenvalue weighted by atomic mass is 16.6. The highest BCUT2D eigenvalue weighted by Gasteiger charge is 2.73. The van der Waals surface area contributed by atoms with Crippen LogP contribution in [-0.4, -0.2) is 94.2 Å². The molecule has 4 aliphatic heterocycles. The van der Waals surface area contributed by atoms with Gasteiger partial charge in [0.15, 0.2) is 0 Å². The zero-order valence-corrected chi connectivity index (χ0v) is 26.8. The number of hydrogen-bond acceptors (Lipinski definition) is 7. The number of unbranched alkanes of at least 4 members (excludes halogenated alkanes) is 3. The molecule has 6 atom stereocenters. The lowest BCUT2D eigenvalue weighted by Gasteiger charge is -2.45. The van der Waals surface area contributed by atoms with E-state index in [-0.39, 0.29) is 42.7 Å². The molecule has 2 fully saturated rings. The Hall–Kier alpha value is -2.72. The topological polar surface area (TPSA) is 125 Å². The summed E-state index contributed by atoms with van der Waals surface area (Å²) in [6.07, 6.45) is 10.7. The first kappa shape index (κ1) is 33.2. The Balaban J connectivity index is 1.76. The number of aliphatic hydroxyl groups is 1. The summed E-state index contributed by atoms with van der Waals surface area (Å²) >= 11 is 0. The molecule has 0 saturated carbocycles. The van der Waals surface area contributed by atoms with E-state index in [4.69, 9.17) is 9.47 Å². The monoisotopic (exact) mass is 601 g/mol. The Morgan fingerprint density at radius 2 is 1.74 bits per heavy atom. The molecule has 0 radical (unpaired) electrons. The Bertz CT molecular complexity index is 1130. The third-order valence-corrected chi connectivity index (χ3v) is 9.04. The maximum Gasteiger partial charge on any atom is 0.313 e. The fraction of sp³-hybridized carbons (Fsp3) is 0.758. The molecule has 240 valence electrons. The van der Waals surface area contributed by atoms with Gasteiger partial charge in [-0.25, -0.2) is 0 Å². The SMILES string of the molecule is C[C@H]1CNC(=O)CC/C=C\CN(C(C)(C)CC(C)(C)C)C(=O)[C@H]2N(CCCCCCO)C(=O)[C@@H]3[C@@H](C(=O)O1)[C@H]1C=C[C@]32O1. The second kappa shape index (κ2) is 13.1. The van der Waals surface area contributed by atoms with Crippen LogP contribution >= 0.6 is 0 Å². The molecule has 0 aromatic rings. The molecule has 2 N–H and O–H groups in total. The molecule has 0 unspecified atom stereocenters. The van der Waals surface area contributed by atoms with E-state index >= 15 is 0 Å². The number of carbonyl (C=O) groups is 4. The number of fused-ring (bicyclic) bond motifs is 2. The summed E-state index contributed by atoms with van der Waals surface area (Å²) in [5.74, 6) is -2.92. The number of cyclic esters (lactones) is 1. The minimum atomic E-state index is -1.27. The van der Waals surface area contributed by atoms with Gasteiger partial charge in [-0.05, 0) is 51.9 Å². The summed E-state index contributed by atoms with van der Waals surface area (Å²) in [6.45, 7) is 13.2. The van der Waals surface area contributed by atoms with Crippen molar-refractivity contribution >= 4 is 23.7 Å². The summed E-state index contributed by atoms with van der Waals surface area (Å²) in [5, 5.41) is 12.0. The normalized spacial score (nSPS) is 32.7. The number of ether oxygens (including phenoxy) is 2. The number of hydrogen-bond donors (Lipinski definition) is 2. The van der Waals surface area contributed by atoms with Crippen molar-refractivity contribution < 1.29 is 33.8 Å². The van der Waals surface area contributed by atoms with Crippen molar-refractivity contribution in [2.45, 2.75) is 116 Å². The number of nitrogens with one attached hydrogen (secondary N) is 1. The first-order valence-electron chi connectivity index (χ1n) is 15.9. The minimum Gasteiger partial charge on any atom is -0.460 e. The van der Waals surface area contributed by atoms with Crippen molar-refractivity contribution in [1.82, 2.24) is 15.1 Å². The molecule has 5 bridgehead atoms. The number of nitrogens with zero attached hydrogens (tertiary/aromatic N) is 2. The molecule has 0 aliphatic carbocycles. The van der Waals surface area contributed by atoms with Crippen LogP contribution in [0.4, 0.5) is 0 Å². The van der Waals surface area contributed by atoms with Crippen LogP contribution in [-0.2, 0) is 28.7 Å². The van der Waals surface area contributed by atoms with Gasteiger partial charge in [0, 0.05) is 31.7 Å². The fourth-order valence-corrected chi connectivity index (χ4v) is 7.56. The van der Waals surface area contributed by atoms with E-state index in [0.717, 1.165) is 12.8 Å². The molecular formula is C33H51N3O7. The maximum absolute atomic E-state index is 14.9. The lowest BCUT2D eigenvalue weighted by molar-refractivity contribution is -0.159. The van der Waals surface area contributed by atoms with Gasteiger partial charge >= 0.3 is 5.97 Å². The lowest BCUT2D eigenvalue weighted by Crippen LogP contribution is -2.60. The molecule has 1 spiro atoms. The number of likely N-dealkylation sites (tertiary alicyclic amines) is 1. The number of aliphatic hydroxyl groups excluding tert-OH is 1. The van der Waals surface area contributed by atoms with Gasteiger partial charge in [-0.3, -0.25) is 19.2 Å². The van der Waals surface area contributed by atoms with E-state index in [2.05, 4.69) is 39.9 Å². The molecule has 0 aromatic carbocycles. The van der Waals surface area contributed by atoms with E-state index in [9.17, 15) is 24.3 Å². The van der Waals surface area contributed by atoms with Crippen LogP contribution in [0.25, 0.3) is 0 Å². The standard InChI is InChI=1S/C33H51N3O7/c1-22-20-34-24(38)14-10-9-12-18-36(32(5,6)21-31(2,3)4)29(40)27-33-16-15-23(43-33)25(30(41)42-22)26(33)28(39)35(27)17-11-7-8-13-19-37/h9,12,15-16,22-23,25-27,37H,7-8,10-11,13-14,17-21H2,1-6H3,(H,34,38)/b12-9-/t22-,23+,25-,26-,27+,33-/m0/s1. The molecule has 4 aliphatic rings. The zero-order chi connectivity index (χ0) is 31.6. The second-order valence-electron chi connectivity index (χ2n) is 14.4. The van der Waals surface area contributed by atoms with Crippen molar-refractivity contribution in [2.24, 2.45) is 17.3 Å². The van der Waals surface area contributed by atoms with E-state index < -0.39 is 47.2 Å². The molecule has 10 nitrogen and oxygen atoms in total. The average molecular weight is 602 g/mol. The van der Waals surface area contributed by atoms with E-state index in [0.29, 0.717) is 38.8 Å². The largest absolute Gasteiger partial charge is 0.460 e. The molecular weight excluding hydrogens is 550 g/mol. The van der Waals surface area contributed by atoms with Gasteiger partial charge in [0.1, 0.15) is 23.7 Å². The quantitative estimate of drug-likeness (QED) is 0.249. The van der Waals surface area contributed by atoms with Gasteiger partial charge in [0.2, 0.25) is 17.7 Å². The third kappa shape index (κ3) is 7.00. The van der Waals surface area contributed by atoms with Crippen molar-refractivity contribution in [2.75, 3.05) is 26.2 Å². The van der Waals surface area contributed by atoms with Crippen LogP contribution in [0.5, 0.6) is 0 Å². The first-order chi connectivity index (χ1) is 20.2. The van der Waals surface area contributed by atoms with Gasteiger partial charge in [-0.2, -0.15) is 0 Å². The molecule has 43 heavy (non-hydrogen) atoms. The molecule has 3 amide bonds. The number of rotatable bonds is 8. The first-order valence-corrected chi connectivity index (χ1v) is 15.9. The summed E-state index contributed by atoms with van der Waals surface area (Å²) in [4.78, 5) is 58.7. The average Bonchev–Trinajstić information content (AvgIpc) is 3.54. The van der Waals surface area contributed by atoms with E-state index in [1.807, 2.05) is 23.1 Å². The third-order valence-electron chi connectivity index (χ3n) is 9.04. The Morgan fingerprint density at radius 1 is 1.02 bits per heavy atom. The molecule has 0 aromatic heterocycles. The van der Waals surface area contributed by atoms with Crippen molar-refractivity contribution in [3.63, 3.8) is 0 Å². The van der Waals surface area contributed by atoms with Gasteiger partial charge in [-0.15, -0.1) is 0 Å². The van der Waals surface area contributed by atoms with Crippen LogP contribution in [0, 0.1) is 17.3 Å². The zero-order valence-electron chi connectivity index (χ0n) is 26.8. The van der Waals surface area contributed by atoms with Gasteiger partial charge in [-0.1, -0.05) is 57.9 Å². The highest BCUT2D eigenvalue weighted by molar-refractivity contribution is 5.99. The smallest absolute Gasteiger partial charge is 0.313 e. The summed E-state index contributed by atoms with van der Waals surface area (Å²) in [5.41, 5.74) is -1.91. The van der Waals surface area contributed by atoms with Crippen LogP contribution in [0.2, 0.25) is 0 Å². The van der Waals surface area contributed by atoms with Crippen molar-refractivity contribution in [1.29, 1.82) is 0 Å². The molecule has 2 saturated heterocycles. The number of allylic oxidation sites excluding steroid dienone is 1. The van der Waals surface area contributed by atoms with Crippen LogP contribution in [0.3, 0.4) is 0 Å². The fourth-order valence-electron chi connectivity index (χ4n) is 7.56. The van der Waals surface area contributed by atoms with Crippen molar-refractivity contribution in [3.05, 3.63) is 24.3 Å². The number of esters is 1. The van der Waals surface area contributed by atoms with E-state index in [1.54, 1.807) is 17.9 Å².